The van der Waals surface area contributed by atoms with Gasteiger partial charge in [-0.1, -0.05) is 32.8 Å². The molecule has 3 heteroatoms. The van der Waals surface area contributed by atoms with E-state index in [1.807, 2.05) is 0 Å². The van der Waals surface area contributed by atoms with Crippen LogP contribution < -0.4 is 0 Å². The summed E-state index contributed by atoms with van der Waals surface area (Å²) in [6, 6.07) is 0. The maximum atomic E-state index is 11.6. The van der Waals surface area contributed by atoms with Crippen LogP contribution >= 0.6 is 0 Å². The molecule has 0 amide bonds. The molecule has 1 atom stereocenters. The number of Topliss-reactive ketones (excluding diaryl/α,β-unsaturated/α-hetero) is 1. The third kappa shape index (κ3) is 6.25. The van der Waals surface area contributed by atoms with Crippen LogP contribution in [0.2, 0.25) is 0 Å². The molecule has 0 bridgehead atoms. The zero-order chi connectivity index (χ0) is 13.3. The van der Waals surface area contributed by atoms with E-state index < -0.39 is 5.97 Å². The summed E-state index contributed by atoms with van der Waals surface area (Å²) in [6.45, 7) is 7.65. The van der Waals surface area contributed by atoms with E-state index in [0.29, 0.717) is 12.5 Å². The average molecular weight is 240 g/mol. The maximum Gasteiger partial charge on any atom is 0.341 e. The predicted octanol–water partition coefficient (Wildman–Crippen LogP) is 3.28. The van der Waals surface area contributed by atoms with E-state index in [1.165, 1.54) is 6.92 Å². The molecule has 0 aliphatic heterocycles. The van der Waals surface area contributed by atoms with Gasteiger partial charge in [-0.3, -0.25) is 4.79 Å². The molecule has 0 N–H and O–H groups in total. The molecule has 1 unspecified atom stereocenters. The lowest BCUT2D eigenvalue weighted by Gasteiger charge is -2.11. The van der Waals surface area contributed by atoms with E-state index in [1.54, 1.807) is 13.0 Å². The normalized spacial score (nSPS) is 13.3. The molecule has 0 aromatic heterocycles. The first-order chi connectivity index (χ1) is 8.06. The Labute approximate surface area is 104 Å². The second kappa shape index (κ2) is 8.97. The minimum Gasteiger partial charge on any atom is -0.462 e. The van der Waals surface area contributed by atoms with Crippen molar-refractivity contribution in [3.63, 3.8) is 0 Å². The van der Waals surface area contributed by atoms with Crippen molar-refractivity contribution in [1.82, 2.24) is 0 Å². The molecule has 0 aliphatic rings. The summed E-state index contributed by atoms with van der Waals surface area (Å²) in [6.07, 6.45) is 5.98. The summed E-state index contributed by atoms with van der Waals surface area (Å²) in [4.78, 5) is 23.0. The summed E-state index contributed by atoms with van der Waals surface area (Å²) in [5.41, 5.74) is 0.204. The van der Waals surface area contributed by atoms with Crippen molar-refractivity contribution in [3.05, 3.63) is 11.6 Å². The number of unbranched alkanes of at least 4 members (excludes halogenated alkanes) is 1. The fourth-order valence-corrected chi connectivity index (χ4v) is 1.65. The Bertz CT molecular complexity index is 279. The third-order valence-electron chi connectivity index (χ3n) is 2.73. The van der Waals surface area contributed by atoms with Crippen LogP contribution in [0.15, 0.2) is 11.6 Å². The van der Waals surface area contributed by atoms with Gasteiger partial charge in [0, 0.05) is 0 Å². The standard InChI is InChI=1S/C14H24O3/c1-5-8-9-12(6-2)10-13(11(4)15)14(16)17-7-3/h10,12H,5-9H2,1-4H3/b13-10-. The third-order valence-corrected chi connectivity index (χ3v) is 2.73. The summed E-state index contributed by atoms with van der Waals surface area (Å²) >= 11 is 0. The van der Waals surface area contributed by atoms with Crippen LogP contribution in [0.4, 0.5) is 0 Å². The second-order valence-corrected chi connectivity index (χ2v) is 4.17. The van der Waals surface area contributed by atoms with Crippen molar-refractivity contribution in [2.45, 2.75) is 53.4 Å². The number of esters is 1. The van der Waals surface area contributed by atoms with Crippen molar-refractivity contribution in [3.8, 4) is 0 Å². The maximum absolute atomic E-state index is 11.6. The fourth-order valence-electron chi connectivity index (χ4n) is 1.65. The van der Waals surface area contributed by atoms with Crippen molar-refractivity contribution < 1.29 is 14.3 Å². The number of carbonyl (C=O) groups excluding carboxylic acids is 2. The number of allylic oxidation sites excluding steroid dienone is 1. The van der Waals surface area contributed by atoms with Crippen LogP contribution in [0.3, 0.4) is 0 Å². The molecule has 0 rings (SSSR count). The first-order valence-corrected chi connectivity index (χ1v) is 6.46. The molecule has 0 radical (unpaired) electrons. The summed E-state index contributed by atoms with van der Waals surface area (Å²) in [5, 5.41) is 0. The Hall–Kier alpha value is -1.12. The molecule has 0 fully saturated rings. The monoisotopic (exact) mass is 240 g/mol. The number of rotatable bonds is 8. The van der Waals surface area contributed by atoms with Gasteiger partial charge in [-0.05, 0) is 32.6 Å². The molecular weight excluding hydrogens is 216 g/mol. The van der Waals surface area contributed by atoms with Gasteiger partial charge >= 0.3 is 5.97 Å². The highest BCUT2D eigenvalue weighted by Crippen LogP contribution is 2.17. The largest absolute Gasteiger partial charge is 0.462 e. The number of ether oxygens (including phenoxy) is 1. The number of hydrogen-bond donors (Lipinski definition) is 0. The molecular formula is C14H24O3. The van der Waals surface area contributed by atoms with Crippen molar-refractivity contribution in [2.24, 2.45) is 5.92 Å². The molecule has 0 heterocycles. The molecule has 0 spiro atoms. The van der Waals surface area contributed by atoms with Crippen LogP contribution in [0, 0.1) is 5.92 Å². The quantitative estimate of drug-likeness (QED) is 0.283. The highest BCUT2D eigenvalue weighted by molar-refractivity contribution is 6.16. The van der Waals surface area contributed by atoms with E-state index >= 15 is 0 Å². The van der Waals surface area contributed by atoms with Gasteiger partial charge in [-0.15, -0.1) is 0 Å². The smallest absolute Gasteiger partial charge is 0.341 e. The Morgan fingerprint density at radius 2 is 1.88 bits per heavy atom. The first kappa shape index (κ1) is 15.9. The van der Waals surface area contributed by atoms with Gasteiger partial charge in [0.05, 0.1) is 12.2 Å². The molecule has 98 valence electrons. The topological polar surface area (TPSA) is 43.4 Å². The van der Waals surface area contributed by atoms with Crippen LogP contribution in [0.5, 0.6) is 0 Å². The predicted molar refractivity (Wildman–Crippen MR) is 68.7 cm³/mol. The molecule has 0 aromatic rings. The van der Waals surface area contributed by atoms with Gasteiger partial charge in [-0.2, -0.15) is 0 Å². The highest BCUT2D eigenvalue weighted by atomic mass is 16.5. The van der Waals surface area contributed by atoms with Crippen molar-refractivity contribution in [2.75, 3.05) is 6.61 Å². The van der Waals surface area contributed by atoms with E-state index in [9.17, 15) is 9.59 Å². The fraction of sp³-hybridized carbons (Fsp3) is 0.714. The summed E-state index contributed by atoms with van der Waals surface area (Å²) in [5.74, 6) is -0.411. The van der Waals surface area contributed by atoms with Crippen LogP contribution in [-0.2, 0) is 14.3 Å². The Kier molecular flexibility index (Phi) is 8.38. The SMILES string of the molecule is CCCCC(/C=C(/C(C)=O)C(=O)OCC)CC. The minimum atomic E-state index is -0.491. The molecule has 17 heavy (non-hydrogen) atoms. The van der Waals surface area contributed by atoms with Crippen LogP contribution in [-0.4, -0.2) is 18.4 Å². The molecule has 3 nitrogen and oxygen atoms in total. The average Bonchev–Trinajstić information content (AvgIpc) is 2.29. The lowest BCUT2D eigenvalue weighted by Crippen LogP contribution is -2.15. The lowest BCUT2D eigenvalue weighted by molar-refractivity contribution is -0.139. The van der Waals surface area contributed by atoms with Gasteiger partial charge in [0.25, 0.3) is 0 Å². The van der Waals surface area contributed by atoms with Crippen LogP contribution in [0.1, 0.15) is 53.4 Å². The van der Waals surface area contributed by atoms with Gasteiger partial charge in [0.15, 0.2) is 5.78 Å². The number of carbonyl (C=O) groups is 2. The molecule has 0 saturated carbocycles. The molecule has 0 aliphatic carbocycles. The second-order valence-electron chi connectivity index (χ2n) is 4.17. The summed E-state index contributed by atoms with van der Waals surface area (Å²) in [7, 11) is 0. The lowest BCUT2D eigenvalue weighted by atomic mass is 9.95. The number of ketones is 1. The Balaban J connectivity index is 4.75. The van der Waals surface area contributed by atoms with Gasteiger partial charge in [0.1, 0.15) is 0 Å². The van der Waals surface area contributed by atoms with Gasteiger partial charge in [0.2, 0.25) is 0 Å². The molecule has 0 aromatic carbocycles. The van der Waals surface area contributed by atoms with Gasteiger partial charge in [-0.25, -0.2) is 4.79 Å². The summed E-state index contributed by atoms with van der Waals surface area (Å²) < 4.78 is 4.89. The van der Waals surface area contributed by atoms with Crippen LogP contribution in [0.25, 0.3) is 0 Å². The zero-order valence-corrected chi connectivity index (χ0v) is 11.4. The van der Waals surface area contributed by atoms with E-state index in [4.69, 9.17) is 4.74 Å². The highest BCUT2D eigenvalue weighted by Gasteiger charge is 2.17. The minimum absolute atomic E-state index is 0.204. The van der Waals surface area contributed by atoms with E-state index in [0.717, 1.165) is 25.7 Å². The van der Waals surface area contributed by atoms with Crippen molar-refractivity contribution in [1.29, 1.82) is 0 Å². The van der Waals surface area contributed by atoms with Gasteiger partial charge < -0.3 is 4.74 Å². The Morgan fingerprint density at radius 3 is 2.29 bits per heavy atom. The molecule has 0 saturated heterocycles. The van der Waals surface area contributed by atoms with E-state index in [-0.39, 0.29) is 11.4 Å². The van der Waals surface area contributed by atoms with Crippen molar-refractivity contribution >= 4 is 11.8 Å². The van der Waals surface area contributed by atoms with E-state index in [2.05, 4.69) is 13.8 Å². The first-order valence-electron chi connectivity index (χ1n) is 6.46. The Morgan fingerprint density at radius 1 is 1.24 bits per heavy atom. The zero-order valence-electron chi connectivity index (χ0n) is 11.4. The number of hydrogen-bond acceptors (Lipinski definition) is 3.